The molecular weight excluding hydrogens is 311 g/mol. The van der Waals surface area contributed by atoms with Gasteiger partial charge in [0.2, 0.25) is 0 Å². The lowest BCUT2D eigenvalue weighted by molar-refractivity contribution is 0.0684. The monoisotopic (exact) mass is 328 g/mol. The number of carbonyl (C=O) groups is 2. The Morgan fingerprint density at radius 2 is 2.08 bits per heavy atom. The van der Waals surface area contributed by atoms with Gasteiger partial charge in [-0.2, -0.15) is 0 Å². The largest absolute Gasteiger partial charge is 0.477 e. The van der Waals surface area contributed by atoms with Gasteiger partial charge in [-0.25, -0.2) is 14.2 Å². The first-order valence-corrected chi connectivity index (χ1v) is 7.73. The van der Waals surface area contributed by atoms with Gasteiger partial charge in [-0.05, 0) is 42.2 Å². The van der Waals surface area contributed by atoms with Crippen molar-refractivity contribution < 1.29 is 19.1 Å². The quantitative estimate of drug-likeness (QED) is 0.939. The lowest BCUT2D eigenvalue weighted by Gasteiger charge is -2.27. The minimum atomic E-state index is -1.14. The molecule has 5 nitrogen and oxygen atoms in total. The Hall–Kier alpha value is -2.76. The number of carbonyl (C=O) groups excluding carboxylic acids is 1. The molecule has 24 heavy (non-hydrogen) atoms. The number of carboxylic acids is 1. The number of likely N-dealkylation sites (tertiary alicyclic amines) is 1. The Labute approximate surface area is 138 Å². The number of aromatic nitrogens is 1. The number of rotatable bonds is 3. The van der Waals surface area contributed by atoms with E-state index in [1.54, 1.807) is 11.0 Å². The lowest BCUT2D eigenvalue weighted by atomic mass is 9.95. The van der Waals surface area contributed by atoms with Gasteiger partial charge >= 0.3 is 5.97 Å². The van der Waals surface area contributed by atoms with Crippen LogP contribution in [0.25, 0.3) is 0 Å². The van der Waals surface area contributed by atoms with Crippen molar-refractivity contribution in [2.24, 2.45) is 5.92 Å². The Bertz CT molecular complexity index is 776. The minimum absolute atomic E-state index is 0.108. The van der Waals surface area contributed by atoms with Gasteiger partial charge in [-0.15, -0.1) is 0 Å². The van der Waals surface area contributed by atoms with Crippen LogP contribution < -0.4 is 0 Å². The highest BCUT2D eigenvalue weighted by molar-refractivity contribution is 5.95. The standard InChI is InChI=1S/C18H17FN2O3/c1-11-7-8-21(16(11)12-3-2-4-14(19)9-12)17(22)13-5-6-15(18(23)24)20-10-13/h2-6,9-11,16H,7-8H2,1H3,(H,23,24)/t11-,16+/m1/s1. The van der Waals surface area contributed by atoms with Crippen molar-refractivity contribution in [3.8, 4) is 0 Å². The molecule has 1 fully saturated rings. The van der Waals surface area contributed by atoms with Crippen LogP contribution in [-0.2, 0) is 0 Å². The highest BCUT2D eigenvalue weighted by atomic mass is 19.1. The predicted molar refractivity (Wildman–Crippen MR) is 85.2 cm³/mol. The number of halogens is 1. The van der Waals surface area contributed by atoms with Gasteiger partial charge in [-0.3, -0.25) is 4.79 Å². The van der Waals surface area contributed by atoms with E-state index in [9.17, 15) is 14.0 Å². The summed E-state index contributed by atoms with van der Waals surface area (Å²) < 4.78 is 13.5. The number of pyridine rings is 1. The average Bonchev–Trinajstić information content (AvgIpc) is 2.96. The summed E-state index contributed by atoms with van der Waals surface area (Å²) in [6.45, 7) is 2.61. The number of hydrogen-bond donors (Lipinski definition) is 1. The second-order valence-electron chi connectivity index (χ2n) is 6.00. The minimum Gasteiger partial charge on any atom is -0.477 e. The number of amides is 1. The zero-order chi connectivity index (χ0) is 17.3. The molecule has 1 N–H and O–H groups in total. The van der Waals surface area contributed by atoms with Crippen LogP contribution >= 0.6 is 0 Å². The third-order valence-electron chi connectivity index (χ3n) is 4.38. The zero-order valence-electron chi connectivity index (χ0n) is 13.1. The number of aromatic carboxylic acids is 1. The first-order valence-electron chi connectivity index (χ1n) is 7.73. The fourth-order valence-corrected chi connectivity index (χ4v) is 3.19. The van der Waals surface area contributed by atoms with Crippen molar-refractivity contribution >= 4 is 11.9 Å². The van der Waals surface area contributed by atoms with E-state index in [2.05, 4.69) is 4.98 Å². The summed E-state index contributed by atoms with van der Waals surface area (Å²) in [6, 6.07) is 8.87. The van der Waals surface area contributed by atoms with E-state index < -0.39 is 5.97 Å². The molecule has 1 aliphatic heterocycles. The summed E-state index contributed by atoms with van der Waals surface area (Å²) in [5, 5.41) is 8.88. The highest BCUT2D eigenvalue weighted by Gasteiger charge is 2.36. The van der Waals surface area contributed by atoms with Gasteiger partial charge in [-0.1, -0.05) is 19.1 Å². The van der Waals surface area contributed by atoms with Crippen LogP contribution in [0, 0.1) is 11.7 Å². The fourth-order valence-electron chi connectivity index (χ4n) is 3.19. The Kier molecular flexibility index (Phi) is 4.29. The van der Waals surface area contributed by atoms with Crippen molar-refractivity contribution in [2.45, 2.75) is 19.4 Å². The van der Waals surface area contributed by atoms with Gasteiger partial charge in [0, 0.05) is 12.7 Å². The SMILES string of the molecule is C[C@@H]1CCN(C(=O)c2ccc(C(=O)O)nc2)[C@@H]1c1cccc(F)c1. The molecule has 124 valence electrons. The molecule has 1 amide bonds. The Balaban J connectivity index is 1.89. The van der Waals surface area contributed by atoms with Gasteiger partial charge < -0.3 is 10.0 Å². The molecule has 0 spiro atoms. The van der Waals surface area contributed by atoms with E-state index in [4.69, 9.17) is 5.11 Å². The van der Waals surface area contributed by atoms with Crippen LogP contribution in [0.1, 0.15) is 45.8 Å². The number of nitrogens with zero attached hydrogens (tertiary/aromatic N) is 2. The highest BCUT2D eigenvalue weighted by Crippen LogP contribution is 2.38. The molecule has 1 aliphatic rings. The fraction of sp³-hybridized carbons (Fsp3) is 0.278. The van der Waals surface area contributed by atoms with Crippen LogP contribution in [0.2, 0.25) is 0 Å². The zero-order valence-corrected chi connectivity index (χ0v) is 13.1. The van der Waals surface area contributed by atoms with Crippen LogP contribution in [0.4, 0.5) is 4.39 Å². The maximum absolute atomic E-state index is 13.5. The van der Waals surface area contributed by atoms with Crippen molar-refractivity contribution in [2.75, 3.05) is 6.54 Å². The van der Waals surface area contributed by atoms with Gasteiger partial charge in [0.15, 0.2) is 0 Å². The van der Waals surface area contributed by atoms with Gasteiger partial charge in [0.1, 0.15) is 11.5 Å². The maximum Gasteiger partial charge on any atom is 0.354 e. The lowest BCUT2D eigenvalue weighted by Crippen LogP contribution is -2.32. The smallest absolute Gasteiger partial charge is 0.354 e. The molecule has 2 aromatic rings. The molecule has 0 unspecified atom stereocenters. The normalized spacial score (nSPS) is 20.2. The summed E-state index contributed by atoms with van der Waals surface area (Å²) in [6.07, 6.45) is 2.10. The molecular formula is C18H17FN2O3. The van der Waals surface area contributed by atoms with E-state index in [0.29, 0.717) is 12.1 Å². The molecule has 0 saturated carbocycles. The maximum atomic E-state index is 13.5. The van der Waals surface area contributed by atoms with Crippen LogP contribution in [0.3, 0.4) is 0 Å². The molecule has 0 radical (unpaired) electrons. The number of hydrogen-bond acceptors (Lipinski definition) is 3. The molecule has 6 heteroatoms. The molecule has 1 saturated heterocycles. The Morgan fingerprint density at radius 3 is 2.71 bits per heavy atom. The third kappa shape index (κ3) is 2.99. The average molecular weight is 328 g/mol. The molecule has 0 aliphatic carbocycles. The summed E-state index contributed by atoms with van der Waals surface area (Å²) in [5.74, 6) is -1.48. The van der Waals surface area contributed by atoms with Crippen molar-refractivity contribution in [1.29, 1.82) is 0 Å². The topological polar surface area (TPSA) is 70.5 Å². The summed E-state index contributed by atoms with van der Waals surface area (Å²) in [4.78, 5) is 29.1. The molecule has 1 aromatic heterocycles. The van der Waals surface area contributed by atoms with Crippen molar-refractivity contribution in [3.05, 3.63) is 65.2 Å². The predicted octanol–water partition coefficient (Wildman–Crippen LogP) is 3.14. The third-order valence-corrected chi connectivity index (χ3v) is 4.38. The van der Waals surface area contributed by atoms with E-state index >= 15 is 0 Å². The summed E-state index contributed by atoms with van der Waals surface area (Å²) >= 11 is 0. The molecule has 2 atom stereocenters. The van der Waals surface area contributed by atoms with E-state index in [1.165, 1.54) is 30.5 Å². The summed E-state index contributed by atoms with van der Waals surface area (Å²) in [5.41, 5.74) is 0.988. The Morgan fingerprint density at radius 1 is 1.29 bits per heavy atom. The van der Waals surface area contributed by atoms with Crippen LogP contribution in [0.15, 0.2) is 42.6 Å². The molecule has 2 heterocycles. The number of carboxylic acid groups (broad SMARTS) is 1. The molecule has 3 rings (SSSR count). The second-order valence-corrected chi connectivity index (χ2v) is 6.00. The second kappa shape index (κ2) is 6.39. The first-order chi connectivity index (χ1) is 11.5. The van der Waals surface area contributed by atoms with E-state index in [0.717, 1.165) is 12.0 Å². The van der Waals surface area contributed by atoms with E-state index in [1.807, 2.05) is 13.0 Å². The number of benzene rings is 1. The van der Waals surface area contributed by atoms with Gasteiger partial charge in [0.25, 0.3) is 5.91 Å². The first kappa shape index (κ1) is 16.1. The van der Waals surface area contributed by atoms with Gasteiger partial charge in [0.05, 0.1) is 11.6 Å². The van der Waals surface area contributed by atoms with E-state index in [-0.39, 0.29) is 29.4 Å². The molecule has 1 aromatic carbocycles. The summed E-state index contributed by atoms with van der Waals surface area (Å²) in [7, 11) is 0. The molecule has 0 bridgehead atoms. The van der Waals surface area contributed by atoms with Crippen molar-refractivity contribution in [3.63, 3.8) is 0 Å². The van der Waals surface area contributed by atoms with Crippen molar-refractivity contribution in [1.82, 2.24) is 9.88 Å². The van der Waals surface area contributed by atoms with Crippen LogP contribution in [0.5, 0.6) is 0 Å². The van der Waals surface area contributed by atoms with Crippen LogP contribution in [-0.4, -0.2) is 33.4 Å².